The molecule has 0 aromatic heterocycles. The van der Waals surface area contributed by atoms with Gasteiger partial charge in [-0.15, -0.1) is 0 Å². The molecule has 2 N–H and O–H groups in total. The van der Waals surface area contributed by atoms with Crippen molar-refractivity contribution in [3.8, 4) is 6.07 Å². The van der Waals surface area contributed by atoms with Crippen LogP contribution in [0.2, 0.25) is 0 Å². The molecular formula is C12H12N4O5. The molecule has 0 aliphatic heterocycles. The minimum absolute atomic E-state index is 0.0387. The monoisotopic (exact) mass is 292 g/mol. The van der Waals surface area contributed by atoms with Crippen LogP contribution in [0, 0.1) is 21.4 Å². The van der Waals surface area contributed by atoms with Gasteiger partial charge in [0.2, 0.25) is 0 Å². The predicted octanol–water partition coefficient (Wildman–Crippen LogP) is 0.715. The van der Waals surface area contributed by atoms with Gasteiger partial charge in [0.1, 0.15) is 13.1 Å². The van der Waals surface area contributed by atoms with Crippen molar-refractivity contribution in [2.45, 2.75) is 6.54 Å². The molecule has 1 rings (SSSR count). The zero-order valence-electron chi connectivity index (χ0n) is 10.9. The standard InChI is InChI=1S/C12H12N4O5/c13-5-6-15(12(19)14-7-11(17)18)8-9-1-3-10(4-2-9)16(20)21/h1-4H,6-8H2,(H,14,19)(H,17,18). The Labute approximate surface area is 119 Å². The first-order valence-electron chi connectivity index (χ1n) is 5.79. The molecule has 0 spiro atoms. The molecule has 21 heavy (non-hydrogen) atoms. The number of benzene rings is 1. The zero-order chi connectivity index (χ0) is 15.8. The molecule has 0 saturated heterocycles. The molecule has 0 heterocycles. The molecule has 0 atom stereocenters. The fourth-order valence-electron chi connectivity index (χ4n) is 1.49. The smallest absolute Gasteiger partial charge is 0.323 e. The van der Waals surface area contributed by atoms with Gasteiger partial charge in [0, 0.05) is 18.7 Å². The van der Waals surface area contributed by atoms with E-state index in [1.54, 1.807) is 6.07 Å². The SMILES string of the molecule is N#CCN(Cc1ccc([N+](=O)[O-])cc1)C(=O)NCC(=O)O. The Morgan fingerprint density at radius 1 is 1.38 bits per heavy atom. The number of nitriles is 1. The lowest BCUT2D eigenvalue weighted by Crippen LogP contribution is -2.41. The van der Waals surface area contributed by atoms with Gasteiger partial charge in [-0.25, -0.2) is 4.79 Å². The van der Waals surface area contributed by atoms with E-state index >= 15 is 0 Å². The highest BCUT2D eigenvalue weighted by Gasteiger charge is 2.15. The van der Waals surface area contributed by atoms with Gasteiger partial charge in [0.05, 0.1) is 11.0 Å². The maximum atomic E-state index is 11.7. The van der Waals surface area contributed by atoms with E-state index < -0.39 is 23.5 Å². The molecule has 0 saturated carbocycles. The van der Waals surface area contributed by atoms with Crippen LogP contribution in [0.1, 0.15) is 5.56 Å². The third-order valence-corrected chi connectivity index (χ3v) is 2.46. The Bertz CT molecular complexity index is 578. The highest BCUT2D eigenvalue weighted by molar-refractivity contribution is 5.80. The molecule has 0 aliphatic rings. The van der Waals surface area contributed by atoms with Crippen molar-refractivity contribution in [3.63, 3.8) is 0 Å². The lowest BCUT2D eigenvalue weighted by atomic mass is 10.2. The van der Waals surface area contributed by atoms with Crippen LogP contribution in [0.5, 0.6) is 0 Å². The van der Waals surface area contributed by atoms with E-state index in [1.165, 1.54) is 24.3 Å². The van der Waals surface area contributed by atoms with Gasteiger partial charge in [-0.05, 0) is 5.56 Å². The summed E-state index contributed by atoms with van der Waals surface area (Å²) in [6.07, 6.45) is 0. The maximum Gasteiger partial charge on any atom is 0.323 e. The largest absolute Gasteiger partial charge is 0.480 e. The Morgan fingerprint density at radius 2 is 2.00 bits per heavy atom. The van der Waals surface area contributed by atoms with E-state index in [2.05, 4.69) is 5.32 Å². The summed E-state index contributed by atoms with van der Waals surface area (Å²) < 4.78 is 0. The van der Waals surface area contributed by atoms with Crippen LogP contribution in [0.3, 0.4) is 0 Å². The van der Waals surface area contributed by atoms with Gasteiger partial charge in [-0.1, -0.05) is 12.1 Å². The number of carboxylic acid groups (broad SMARTS) is 1. The Hall–Kier alpha value is -3.15. The quantitative estimate of drug-likeness (QED) is 0.450. The highest BCUT2D eigenvalue weighted by atomic mass is 16.6. The molecule has 1 aromatic carbocycles. The fraction of sp³-hybridized carbons (Fsp3) is 0.250. The number of rotatable bonds is 6. The molecule has 9 heteroatoms. The predicted molar refractivity (Wildman–Crippen MR) is 70.2 cm³/mol. The van der Waals surface area contributed by atoms with Gasteiger partial charge < -0.3 is 15.3 Å². The summed E-state index contributed by atoms with van der Waals surface area (Å²) in [5, 5.41) is 29.8. The van der Waals surface area contributed by atoms with Crippen molar-refractivity contribution in [3.05, 3.63) is 39.9 Å². The second-order valence-electron chi connectivity index (χ2n) is 3.99. The summed E-state index contributed by atoms with van der Waals surface area (Å²) in [6.45, 7) is -0.750. The van der Waals surface area contributed by atoms with Crippen LogP contribution in [0.4, 0.5) is 10.5 Å². The Morgan fingerprint density at radius 3 is 2.48 bits per heavy atom. The molecule has 2 amide bonds. The number of nitro benzene ring substituents is 1. The number of non-ortho nitro benzene ring substituents is 1. The van der Waals surface area contributed by atoms with Gasteiger partial charge >= 0.3 is 12.0 Å². The van der Waals surface area contributed by atoms with E-state index in [1.807, 2.05) is 0 Å². The molecule has 9 nitrogen and oxygen atoms in total. The molecule has 0 bridgehead atoms. The van der Waals surface area contributed by atoms with E-state index in [0.717, 1.165) is 4.90 Å². The number of carboxylic acids is 1. The van der Waals surface area contributed by atoms with E-state index in [0.29, 0.717) is 5.56 Å². The number of nitrogens with one attached hydrogen (secondary N) is 1. The summed E-state index contributed by atoms with van der Waals surface area (Å²) in [4.78, 5) is 33.2. The molecule has 0 radical (unpaired) electrons. The van der Waals surface area contributed by atoms with Gasteiger partial charge in [0.15, 0.2) is 0 Å². The summed E-state index contributed by atoms with van der Waals surface area (Å²) >= 11 is 0. The van der Waals surface area contributed by atoms with E-state index in [4.69, 9.17) is 10.4 Å². The normalized spacial score (nSPS) is 9.48. The minimum atomic E-state index is -1.20. The van der Waals surface area contributed by atoms with Crippen LogP contribution in [-0.2, 0) is 11.3 Å². The second-order valence-corrected chi connectivity index (χ2v) is 3.99. The first kappa shape index (κ1) is 15.9. The fourth-order valence-corrected chi connectivity index (χ4v) is 1.49. The topological polar surface area (TPSA) is 137 Å². The number of nitrogens with zero attached hydrogens (tertiary/aromatic N) is 3. The third kappa shape index (κ3) is 5.15. The van der Waals surface area contributed by atoms with Crippen molar-refractivity contribution in [2.75, 3.05) is 13.1 Å². The summed E-state index contributed by atoms with van der Waals surface area (Å²) in [5.41, 5.74) is 0.502. The highest BCUT2D eigenvalue weighted by Crippen LogP contribution is 2.13. The lowest BCUT2D eigenvalue weighted by Gasteiger charge is -2.19. The maximum absolute atomic E-state index is 11.7. The van der Waals surface area contributed by atoms with E-state index in [-0.39, 0.29) is 18.8 Å². The first-order chi connectivity index (χ1) is 9.93. The first-order valence-corrected chi connectivity index (χ1v) is 5.79. The Kier molecular flexibility index (Phi) is 5.64. The van der Waals surface area contributed by atoms with Crippen molar-refractivity contribution in [2.24, 2.45) is 0 Å². The number of nitro groups is 1. The molecule has 0 unspecified atom stereocenters. The molecular weight excluding hydrogens is 280 g/mol. The number of amides is 2. The van der Waals surface area contributed by atoms with Crippen LogP contribution < -0.4 is 5.32 Å². The van der Waals surface area contributed by atoms with Crippen molar-refractivity contribution < 1.29 is 19.6 Å². The number of carbonyl (C=O) groups is 2. The van der Waals surface area contributed by atoms with Crippen LogP contribution in [0.25, 0.3) is 0 Å². The number of urea groups is 1. The average Bonchev–Trinajstić information content (AvgIpc) is 2.44. The number of hydrogen-bond acceptors (Lipinski definition) is 5. The van der Waals surface area contributed by atoms with Gasteiger partial charge in [-0.3, -0.25) is 14.9 Å². The van der Waals surface area contributed by atoms with Crippen LogP contribution in [-0.4, -0.2) is 40.0 Å². The Balaban J connectivity index is 2.73. The summed E-state index contributed by atoms with van der Waals surface area (Å²) in [7, 11) is 0. The third-order valence-electron chi connectivity index (χ3n) is 2.46. The summed E-state index contributed by atoms with van der Waals surface area (Å²) in [5.74, 6) is -1.20. The molecule has 0 fully saturated rings. The minimum Gasteiger partial charge on any atom is -0.480 e. The zero-order valence-corrected chi connectivity index (χ0v) is 10.9. The molecule has 1 aromatic rings. The van der Waals surface area contributed by atoms with Crippen molar-refractivity contribution >= 4 is 17.7 Å². The van der Waals surface area contributed by atoms with Crippen molar-refractivity contribution in [1.29, 1.82) is 5.26 Å². The number of hydrogen-bond donors (Lipinski definition) is 2. The van der Waals surface area contributed by atoms with Gasteiger partial charge in [0.25, 0.3) is 5.69 Å². The molecule has 0 aliphatic carbocycles. The number of aliphatic carboxylic acids is 1. The van der Waals surface area contributed by atoms with E-state index in [9.17, 15) is 19.7 Å². The second kappa shape index (κ2) is 7.44. The van der Waals surface area contributed by atoms with Crippen molar-refractivity contribution in [1.82, 2.24) is 10.2 Å². The van der Waals surface area contributed by atoms with Crippen LogP contribution >= 0.6 is 0 Å². The van der Waals surface area contributed by atoms with Gasteiger partial charge in [-0.2, -0.15) is 5.26 Å². The number of carbonyl (C=O) groups excluding carboxylic acids is 1. The lowest BCUT2D eigenvalue weighted by molar-refractivity contribution is -0.384. The summed E-state index contributed by atoms with van der Waals surface area (Å²) in [6, 6.07) is 6.60. The molecule has 110 valence electrons. The average molecular weight is 292 g/mol. The van der Waals surface area contributed by atoms with Crippen LogP contribution in [0.15, 0.2) is 24.3 Å².